The second kappa shape index (κ2) is 7.07. The first kappa shape index (κ1) is 15.3. The van der Waals surface area contributed by atoms with Crippen LogP contribution in [0.1, 0.15) is 31.2 Å². The Labute approximate surface area is 129 Å². The molecule has 0 saturated carbocycles. The van der Waals surface area contributed by atoms with Gasteiger partial charge in [-0.2, -0.15) is 0 Å². The van der Waals surface area contributed by atoms with Gasteiger partial charge < -0.3 is 11.1 Å². The highest BCUT2D eigenvalue weighted by Crippen LogP contribution is 2.20. The first-order chi connectivity index (χ1) is 10.1. The van der Waals surface area contributed by atoms with Crippen LogP contribution in [0, 0.1) is 25.7 Å². The molecule has 4 heteroatoms. The van der Waals surface area contributed by atoms with Crippen LogP contribution in [0.15, 0.2) is 30.3 Å². The molecule has 0 aliphatic carbocycles. The lowest BCUT2D eigenvalue weighted by Gasteiger charge is -2.06. The van der Waals surface area contributed by atoms with Crippen molar-refractivity contribution in [2.24, 2.45) is 5.73 Å². The van der Waals surface area contributed by atoms with Gasteiger partial charge in [-0.1, -0.05) is 30.0 Å². The Morgan fingerprint density at radius 2 is 2.10 bits per heavy atom. The van der Waals surface area contributed by atoms with Gasteiger partial charge in [0.2, 0.25) is 0 Å². The summed E-state index contributed by atoms with van der Waals surface area (Å²) in [7, 11) is 0. The van der Waals surface area contributed by atoms with Crippen LogP contribution in [0.25, 0.3) is 0 Å². The summed E-state index contributed by atoms with van der Waals surface area (Å²) in [6, 6.07) is 9.69. The van der Waals surface area contributed by atoms with Crippen molar-refractivity contribution >= 4 is 17.2 Å². The van der Waals surface area contributed by atoms with Crippen molar-refractivity contribution in [2.75, 3.05) is 6.54 Å². The van der Waals surface area contributed by atoms with Gasteiger partial charge in [-0.15, -0.1) is 11.3 Å². The topological polar surface area (TPSA) is 55.1 Å². The molecule has 0 atom stereocenters. The third-order valence-corrected chi connectivity index (χ3v) is 4.32. The largest absolute Gasteiger partial charge is 0.347 e. The normalized spacial score (nSPS) is 9.86. The molecule has 0 spiro atoms. The predicted molar refractivity (Wildman–Crippen MR) is 87.3 cm³/mol. The molecule has 1 aromatic heterocycles. The molecule has 2 aromatic rings. The van der Waals surface area contributed by atoms with E-state index in [1.54, 1.807) is 0 Å². The number of benzene rings is 1. The van der Waals surface area contributed by atoms with E-state index < -0.39 is 0 Å². The summed E-state index contributed by atoms with van der Waals surface area (Å²) in [5, 5.41) is 2.95. The number of rotatable bonds is 3. The molecule has 0 fully saturated rings. The van der Waals surface area contributed by atoms with Gasteiger partial charge >= 0.3 is 0 Å². The standard InChI is InChI=1S/C17H18N2OS/c1-12-10-16(21-13(12)2)17(20)19-11-15-7-4-3-6-14(15)8-5-9-18/h3-4,6-7,10H,9,11,18H2,1-2H3,(H,19,20). The lowest BCUT2D eigenvalue weighted by molar-refractivity contribution is 0.0955. The zero-order valence-electron chi connectivity index (χ0n) is 12.2. The molecule has 1 heterocycles. The van der Waals surface area contributed by atoms with E-state index in [0.29, 0.717) is 13.1 Å². The Kier molecular flexibility index (Phi) is 5.15. The minimum absolute atomic E-state index is 0.0437. The molecule has 3 nitrogen and oxygen atoms in total. The lowest BCUT2D eigenvalue weighted by Crippen LogP contribution is -2.22. The van der Waals surface area contributed by atoms with Gasteiger partial charge in [0, 0.05) is 17.0 Å². The van der Waals surface area contributed by atoms with Gasteiger partial charge in [0.05, 0.1) is 11.4 Å². The van der Waals surface area contributed by atoms with Crippen LogP contribution in [0.5, 0.6) is 0 Å². The molecule has 1 amide bonds. The maximum atomic E-state index is 12.2. The molecule has 0 unspecified atom stereocenters. The number of nitrogens with two attached hydrogens (primary N) is 1. The van der Waals surface area contributed by atoms with E-state index in [1.807, 2.05) is 44.2 Å². The van der Waals surface area contributed by atoms with Crippen LogP contribution in [0.3, 0.4) is 0 Å². The highest BCUT2D eigenvalue weighted by molar-refractivity contribution is 7.14. The molecule has 0 bridgehead atoms. The molecule has 3 N–H and O–H groups in total. The number of hydrogen-bond donors (Lipinski definition) is 2. The summed E-state index contributed by atoms with van der Waals surface area (Å²) in [5.41, 5.74) is 8.45. The van der Waals surface area contributed by atoms with Crippen molar-refractivity contribution in [3.63, 3.8) is 0 Å². The molecule has 21 heavy (non-hydrogen) atoms. The van der Waals surface area contributed by atoms with E-state index >= 15 is 0 Å². The first-order valence-electron chi connectivity index (χ1n) is 6.74. The summed E-state index contributed by atoms with van der Waals surface area (Å²) in [6.07, 6.45) is 0. The number of carbonyl (C=O) groups is 1. The number of carbonyl (C=O) groups excluding carboxylic acids is 1. The van der Waals surface area contributed by atoms with E-state index in [-0.39, 0.29) is 5.91 Å². The second-order valence-corrected chi connectivity index (χ2v) is 5.95. The van der Waals surface area contributed by atoms with Gasteiger partial charge in [0.25, 0.3) is 5.91 Å². The van der Waals surface area contributed by atoms with Crippen molar-refractivity contribution in [3.8, 4) is 11.8 Å². The van der Waals surface area contributed by atoms with Gasteiger partial charge in [0.15, 0.2) is 0 Å². The zero-order valence-corrected chi connectivity index (χ0v) is 13.0. The van der Waals surface area contributed by atoms with Crippen molar-refractivity contribution in [1.82, 2.24) is 5.32 Å². The summed E-state index contributed by atoms with van der Waals surface area (Å²) < 4.78 is 0. The van der Waals surface area contributed by atoms with Crippen molar-refractivity contribution < 1.29 is 4.79 Å². The average Bonchev–Trinajstić information content (AvgIpc) is 2.83. The Bertz CT molecular complexity index is 688. The van der Waals surface area contributed by atoms with Crippen molar-refractivity contribution in [2.45, 2.75) is 20.4 Å². The molecule has 2 rings (SSSR count). The molecular weight excluding hydrogens is 280 g/mol. The van der Waals surface area contributed by atoms with E-state index in [2.05, 4.69) is 17.2 Å². The molecule has 0 saturated heterocycles. The van der Waals surface area contributed by atoms with Crippen LogP contribution >= 0.6 is 11.3 Å². The SMILES string of the molecule is Cc1cc(C(=O)NCc2ccccc2C#CCN)sc1C. The molecule has 0 aliphatic rings. The molecule has 0 aliphatic heterocycles. The Morgan fingerprint density at radius 3 is 2.76 bits per heavy atom. The van der Waals surface area contributed by atoms with Gasteiger partial charge in [-0.05, 0) is 37.1 Å². The Morgan fingerprint density at radius 1 is 1.33 bits per heavy atom. The minimum Gasteiger partial charge on any atom is -0.347 e. The third-order valence-electron chi connectivity index (χ3n) is 3.17. The second-order valence-electron chi connectivity index (χ2n) is 4.70. The quantitative estimate of drug-likeness (QED) is 0.856. The van der Waals surface area contributed by atoms with Crippen LogP contribution in [0.2, 0.25) is 0 Å². The average molecular weight is 298 g/mol. The van der Waals surface area contributed by atoms with Crippen molar-refractivity contribution in [3.05, 3.63) is 56.8 Å². The molecular formula is C17H18N2OS. The lowest BCUT2D eigenvalue weighted by atomic mass is 10.1. The fraction of sp³-hybridized carbons (Fsp3) is 0.235. The Balaban J connectivity index is 2.08. The van der Waals surface area contributed by atoms with Gasteiger partial charge in [-0.3, -0.25) is 4.79 Å². The first-order valence-corrected chi connectivity index (χ1v) is 7.55. The van der Waals surface area contributed by atoms with E-state index in [4.69, 9.17) is 5.73 Å². The maximum Gasteiger partial charge on any atom is 0.261 e. The van der Waals surface area contributed by atoms with Crippen LogP contribution in [-0.4, -0.2) is 12.5 Å². The summed E-state index contributed by atoms with van der Waals surface area (Å²) >= 11 is 1.52. The summed E-state index contributed by atoms with van der Waals surface area (Å²) in [5.74, 6) is 5.82. The van der Waals surface area contributed by atoms with E-state index in [1.165, 1.54) is 16.2 Å². The molecule has 1 aromatic carbocycles. The minimum atomic E-state index is -0.0437. The highest BCUT2D eigenvalue weighted by Gasteiger charge is 2.10. The van der Waals surface area contributed by atoms with Crippen LogP contribution in [-0.2, 0) is 6.54 Å². The number of nitrogens with one attached hydrogen (secondary N) is 1. The number of aryl methyl sites for hydroxylation is 2. The zero-order chi connectivity index (χ0) is 15.2. The predicted octanol–water partition coefficient (Wildman–Crippen LogP) is 2.61. The van der Waals surface area contributed by atoms with E-state index in [0.717, 1.165) is 21.6 Å². The van der Waals surface area contributed by atoms with Crippen molar-refractivity contribution in [1.29, 1.82) is 0 Å². The molecule has 0 radical (unpaired) electrons. The fourth-order valence-corrected chi connectivity index (χ4v) is 2.84. The maximum absolute atomic E-state index is 12.2. The van der Waals surface area contributed by atoms with Crippen LogP contribution in [0.4, 0.5) is 0 Å². The van der Waals surface area contributed by atoms with Crippen LogP contribution < -0.4 is 11.1 Å². The third kappa shape index (κ3) is 3.94. The number of thiophene rings is 1. The van der Waals surface area contributed by atoms with E-state index in [9.17, 15) is 4.79 Å². The smallest absolute Gasteiger partial charge is 0.261 e. The van der Waals surface area contributed by atoms with Gasteiger partial charge in [0.1, 0.15) is 0 Å². The van der Waals surface area contributed by atoms with Gasteiger partial charge in [-0.25, -0.2) is 0 Å². The highest BCUT2D eigenvalue weighted by atomic mass is 32.1. The fourth-order valence-electron chi connectivity index (χ4n) is 1.89. The Hall–Kier alpha value is -2.09. The number of amides is 1. The molecule has 108 valence electrons. The number of hydrogen-bond acceptors (Lipinski definition) is 3. The monoisotopic (exact) mass is 298 g/mol. The summed E-state index contributed by atoms with van der Waals surface area (Å²) in [6.45, 7) is 4.83. The summed E-state index contributed by atoms with van der Waals surface area (Å²) in [4.78, 5) is 14.1.